The van der Waals surface area contributed by atoms with E-state index >= 15 is 0 Å². The first-order chi connectivity index (χ1) is 13.9. The van der Waals surface area contributed by atoms with Crippen molar-refractivity contribution in [3.63, 3.8) is 0 Å². The number of carbonyl (C=O) groups excluding carboxylic acids is 2. The minimum absolute atomic E-state index is 0.286. The molecule has 2 aromatic carbocycles. The number of halogens is 1. The number of nitrogens with zero attached hydrogens (tertiary/aromatic N) is 2. The summed E-state index contributed by atoms with van der Waals surface area (Å²) in [6.07, 6.45) is 4.63. The summed E-state index contributed by atoms with van der Waals surface area (Å²) in [5.41, 5.74) is 6.79. The molecule has 3 rings (SSSR count). The van der Waals surface area contributed by atoms with Gasteiger partial charge in [0.15, 0.2) is 0 Å². The number of hydrogen-bond acceptors (Lipinski definition) is 4. The van der Waals surface area contributed by atoms with Crippen LogP contribution in [0.15, 0.2) is 70.5 Å². The van der Waals surface area contributed by atoms with Gasteiger partial charge in [0.2, 0.25) is 0 Å². The number of aryl methyl sites for hydroxylation is 2. The van der Waals surface area contributed by atoms with Gasteiger partial charge in [0.25, 0.3) is 11.8 Å². The van der Waals surface area contributed by atoms with E-state index in [0.717, 1.165) is 11.1 Å². The molecule has 0 radical (unpaired) electrons. The van der Waals surface area contributed by atoms with Crippen LogP contribution < -0.4 is 10.7 Å². The van der Waals surface area contributed by atoms with E-state index in [2.05, 4.69) is 36.8 Å². The van der Waals surface area contributed by atoms with Crippen LogP contribution in [0.5, 0.6) is 0 Å². The fraction of sp³-hybridized carbons (Fsp3) is 0.0909. The summed E-state index contributed by atoms with van der Waals surface area (Å²) in [5.74, 6) is -0.791. The third-order valence-corrected chi connectivity index (χ3v) is 4.80. The van der Waals surface area contributed by atoms with Crippen LogP contribution >= 0.6 is 15.9 Å². The van der Waals surface area contributed by atoms with Gasteiger partial charge in [-0.25, -0.2) is 5.43 Å². The van der Waals surface area contributed by atoms with Gasteiger partial charge in [0, 0.05) is 16.9 Å². The number of amides is 2. The molecular formula is C22H19BrN4O2. The highest BCUT2D eigenvalue weighted by molar-refractivity contribution is 9.10. The number of anilines is 1. The van der Waals surface area contributed by atoms with E-state index in [1.165, 1.54) is 11.8 Å². The lowest BCUT2D eigenvalue weighted by Crippen LogP contribution is -2.21. The summed E-state index contributed by atoms with van der Waals surface area (Å²) >= 11 is 3.35. The van der Waals surface area contributed by atoms with Crippen LogP contribution in [0.25, 0.3) is 0 Å². The lowest BCUT2D eigenvalue weighted by molar-refractivity contribution is 0.0956. The third-order valence-electron chi connectivity index (χ3n) is 4.31. The zero-order valence-corrected chi connectivity index (χ0v) is 17.5. The highest BCUT2D eigenvalue weighted by Crippen LogP contribution is 2.22. The summed E-state index contributed by atoms with van der Waals surface area (Å²) in [4.78, 5) is 29.0. The van der Waals surface area contributed by atoms with Crippen molar-refractivity contribution in [2.24, 2.45) is 5.10 Å². The van der Waals surface area contributed by atoms with Gasteiger partial charge in [-0.1, -0.05) is 34.1 Å². The third kappa shape index (κ3) is 5.36. The Balaban J connectivity index is 1.75. The van der Waals surface area contributed by atoms with Crippen LogP contribution in [0.2, 0.25) is 0 Å². The highest BCUT2D eigenvalue weighted by Gasteiger charge is 2.15. The molecule has 2 amide bonds. The summed E-state index contributed by atoms with van der Waals surface area (Å²) in [6.45, 7) is 4.05. The predicted octanol–water partition coefficient (Wildman–Crippen LogP) is 4.48. The highest BCUT2D eigenvalue weighted by atomic mass is 79.9. The van der Waals surface area contributed by atoms with E-state index in [1.807, 2.05) is 32.0 Å². The van der Waals surface area contributed by atoms with E-state index in [4.69, 9.17) is 0 Å². The smallest absolute Gasteiger partial charge is 0.273 e. The van der Waals surface area contributed by atoms with Gasteiger partial charge in [-0.2, -0.15) is 5.10 Å². The average Bonchev–Trinajstić information content (AvgIpc) is 2.72. The maximum atomic E-state index is 12.6. The monoisotopic (exact) mass is 450 g/mol. The number of pyridine rings is 1. The Morgan fingerprint density at radius 3 is 2.59 bits per heavy atom. The first-order valence-electron chi connectivity index (χ1n) is 8.85. The molecule has 1 heterocycles. The van der Waals surface area contributed by atoms with Gasteiger partial charge in [-0.3, -0.25) is 14.6 Å². The molecule has 0 bridgehead atoms. The summed E-state index contributed by atoms with van der Waals surface area (Å²) in [6, 6.07) is 14.3. The molecule has 0 unspecified atom stereocenters. The van der Waals surface area contributed by atoms with Gasteiger partial charge in [0.1, 0.15) is 0 Å². The van der Waals surface area contributed by atoms with Crippen LogP contribution in [0, 0.1) is 13.8 Å². The molecule has 146 valence electrons. The Labute approximate surface area is 177 Å². The Morgan fingerprint density at radius 1 is 1.03 bits per heavy atom. The number of aromatic nitrogens is 1. The molecular weight excluding hydrogens is 432 g/mol. The molecule has 0 aliphatic carbocycles. The second-order valence-electron chi connectivity index (χ2n) is 6.43. The second-order valence-corrected chi connectivity index (χ2v) is 7.34. The number of hydrogen-bond donors (Lipinski definition) is 2. The van der Waals surface area contributed by atoms with Gasteiger partial charge in [-0.15, -0.1) is 0 Å². The molecule has 2 N–H and O–H groups in total. The molecule has 7 heteroatoms. The maximum Gasteiger partial charge on any atom is 0.273 e. The Morgan fingerprint density at radius 2 is 1.86 bits per heavy atom. The van der Waals surface area contributed by atoms with Gasteiger partial charge < -0.3 is 5.32 Å². The Hall–Kier alpha value is -3.32. The van der Waals surface area contributed by atoms with E-state index in [9.17, 15) is 9.59 Å². The standard InChI is InChI=1S/C22H19BrN4O2/c1-14-5-6-16(10-15(14)2)12-25-27-22(29)19-11-18(23)7-8-20(19)26-21(28)17-4-3-9-24-13-17/h3-13H,1-2H3,(H,26,28)(H,27,29). The number of hydrazone groups is 1. The van der Waals surface area contributed by atoms with Crippen molar-refractivity contribution < 1.29 is 9.59 Å². The lowest BCUT2D eigenvalue weighted by Gasteiger charge is -2.10. The van der Waals surface area contributed by atoms with Crippen molar-refractivity contribution in [2.45, 2.75) is 13.8 Å². The molecule has 6 nitrogen and oxygen atoms in total. The fourth-order valence-electron chi connectivity index (χ4n) is 2.58. The first-order valence-corrected chi connectivity index (χ1v) is 9.65. The van der Waals surface area contributed by atoms with Crippen LogP contribution in [0.3, 0.4) is 0 Å². The fourth-order valence-corrected chi connectivity index (χ4v) is 2.94. The lowest BCUT2D eigenvalue weighted by atomic mass is 10.1. The van der Waals surface area contributed by atoms with Crippen molar-refractivity contribution >= 4 is 39.6 Å². The average molecular weight is 451 g/mol. The van der Waals surface area contributed by atoms with Gasteiger partial charge in [0.05, 0.1) is 23.0 Å². The van der Waals surface area contributed by atoms with Crippen molar-refractivity contribution in [1.29, 1.82) is 0 Å². The van der Waals surface area contributed by atoms with Crippen LogP contribution in [0.1, 0.15) is 37.4 Å². The molecule has 0 fully saturated rings. The van der Waals surface area contributed by atoms with Crippen LogP contribution in [-0.2, 0) is 0 Å². The molecule has 0 aliphatic rings. The number of rotatable bonds is 5. The van der Waals surface area contributed by atoms with Crippen molar-refractivity contribution in [3.05, 3.63) is 93.2 Å². The quantitative estimate of drug-likeness (QED) is 0.443. The molecule has 0 saturated carbocycles. The zero-order valence-electron chi connectivity index (χ0n) is 15.9. The number of nitrogens with one attached hydrogen (secondary N) is 2. The molecule has 0 atom stereocenters. The first kappa shape index (κ1) is 20.4. The van der Waals surface area contributed by atoms with Crippen LogP contribution in [-0.4, -0.2) is 23.0 Å². The topological polar surface area (TPSA) is 83.5 Å². The summed E-state index contributed by atoms with van der Waals surface area (Å²) < 4.78 is 0.708. The van der Waals surface area contributed by atoms with Gasteiger partial charge >= 0.3 is 0 Å². The van der Waals surface area contributed by atoms with E-state index in [1.54, 1.807) is 42.7 Å². The summed E-state index contributed by atoms with van der Waals surface area (Å²) in [7, 11) is 0. The molecule has 29 heavy (non-hydrogen) atoms. The SMILES string of the molecule is Cc1ccc(C=NNC(=O)c2cc(Br)ccc2NC(=O)c2cccnc2)cc1C. The molecule has 1 aromatic heterocycles. The summed E-state index contributed by atoms with van der Waals surface area (Å²) in [5, 5.41) is 6.78. The maximum absolute atomic E-state index is 12.6. The van der Waals surface area contributed by atoms with Gasteiger partial charge in [-0.05, 0) is 60.9 Å². The zero-order chi connectivity index (χ0) is 20.8. The Bertz CT molecular complexity index is 1080. The minimum atomic E-state index is -0.437. The largest absolute Gasteiger partial charge is 0.321 e. The van der Waals surface area contributed by atoms with E-state index in [0.29, 0.717) is 15.7 Å². The van der Waals surface area contributed by atoms with E-state index < -0.39 is 5.91 Å². The molecule has 0 spiro atoms. The molecule has 0 saturated heterocycles. The van der Waals surface area contributed by atoms with Crippen molar-refractivity contribution in [3.8, 4) is 0 Å². The number of carbonyl (C=O) groups is 2. The van der Waals surface area contributed by atoms with Crippen LogP contribution in [0.4, 0.5) is 5.69 Å². The van der Waals surface area contributed by atoms with Crippen molar-refractivity contribution in [1.82, 2.24) is 10.4 Å². The predicted molar refractivity (Wildman–Crippen MR) is 117 cm³/mol. The molecule has 0 aliphatic heterocycles. The normalized spacial score (nSPS) is 10.7. The number of benzene rings is 2. The van der Waals surface area contributed by atoms with Crippen molar-refractivity contribution in [2.75, 3.05) is 5.32 Å². The Kier molecular flexibility index (Phi) is 6.51. The second kappa shape index (κ2) is 9.25. The van der Waals surface area contributed by atoms with E-state index in [-0.39, 0.29) is 11.5 Å². The minimum Gasteiger partial charge on any atom is -0.321 e. The molecule has 3 aromatic rings.